The van der Waals surface area contributed by atoms with Gasteiger partial charge in [-0.2, -0.15) is 0 Å². The van der Waals surface area contributed by atoms with E-state index in [9.17, 15) is 4.79 Å². The van der Waals surface area contributed by atoms with Crippen molar-refractivity contribution in [1.82, 2.24) is 10.6 Å². The predicted octanol–water partition coefficient (Wildman–Crippen LogP) is 1.37. The van der Waals surface area contributed by atoms with Gasteiger partial charge in [-0.15, -0.1) is 0 Å². The summed E-state index contributed by atoms with van der Waals surface area (Å²) < 4.78 is 5.47. The number of carbonyl (C=O) groups excluding carboxylic acids is 1. The molecule has 1 heterocycles. The fourth-order valence-electron chi connectivity index (χ4n) is 1.31. The van der Waals surface area contributed by atoms with Crippen molar-refractivity contribution < 1.29 is 9.21 Å². The van der Waals surface area contributed by atoms with Crippen LogP contribution in [0.25, 0.3) is 0 Å². The van der Waals surface area contributed by atoms with Crippen LogP contribution in [0.5, 0.6) is 0 Å². The van der Waals surface area contributed by atoms with Crippen LogP contribution in [0.4, 0.5) is 0 Å². The summed E-state index contributed by atoms with van der Waals surface area (Å²) in [5, 5.41) is 5.80. The Kier molecular flexibility index (Phi) is 4.37. The van der Waals surface area contributed by atoms with Crippen molar-refractivity contribution in [2.45, 2.75) is 26.3 Å². The van der Waals surface area contributed by atoms with Crippen molar-refractivity contribution in [1.29, 1.82) is 0 Å². The van der Waals surface area contributed by atoms with E-state index < -0.39 is 0 Å². The largest absolute Gasteiger partial charge is 0.465 e. The first kappa shape index (κ1) is 11.8. The van der Waals surface area contributed by atoms with Crippen molar-refractivity contribution >= 4 is 5.91 Å². The first-order valence-corrected chi connectivity index (χ1v) is 5.13. The van der Waals surface area contributed by atoms with E-state index in [0.717, 1.165) is 11.5 Å². The van der Waals surface area contributed by atoms with E-state index in [1.54, 1.807) is 7.05 Å². The first-order chi connectivity index (χ1) is 7.13. The Morgan fingerprint density at radius 3 is 2.80 bits per heavy atom. The Labute approximate surface area is 90.0 Å². The number of hydrogen-bond acceptors (Lipinski definition) is 3. The predicted molar refractivity (Wildman–Crippen MR) is 58.5 cm³/mol. The number of hydrogen-bond donors (Lipinski definition) is 2. The summed E-state index contributed by atoms with van der Waals surface area (Å²) in [6.07, 6.45) is 0.487. The second-order valence-electron chi connectivity index (χ2n) is 3.55. The minimum absolute atomic E-state index is 0.0466. The van der Waals surface area contributed by atoms with Gasteiger partial charge >= 0.3 is 0 Å². The fourth-order valence-corrected chi connectivity index (χ4v) is 1.31. The Bertz CT molecular complexity index is 320. The molecule has 1 atom stereocenters. The van der Waals surface area contributed by atoms with Crippen LogP contribution in [0.3, 0.4) is 0 Å². The average Bonchev–Trinajstić information content (AvgIpc) is 2.64. The fraction of sp³-hybridized carbons (Fsp3) is 0.545. The third kappa shape index (κ3) is 3.75. The zero-order valence-corrected chi connectivity index (χ0v) is 9.46. The van der Waals surface area contributed by atoms with E-state index >= 15 is 0 Å². The number of carbonyl (C=O) groups is 1. The molecular weight excluding hydrogens is 192 g/mol. The number of amides is 1. The zero-order chi connectivity index (χ0) is 11.3. The third-order valence-electron chi connectivity index (χ3n) is 2.27. The highest BCUT2D eigenvalue weighted by atomic mass is 16.3. The average molecular weight is 210 g/mol. The van der Waals surface area contributed by atoms with Crippen LogP contribution in [0.2, 0.25) is 0 Å². The lowest BCUT2D eigenvalue weighted by molar-refractivity contribution is -0.120. The van der Waals surface area contributed by atoms with Gasteiger partial charge in [-0.1, -0.05) is 0 Å². The van der Waals surface area contributed by atoms with Gasteiger partial charge < -0.3 is 15.1 Å². The Morgan fingerprint density at radius 1 is 1.53 bits per heavy atom. The van der Waals surface area contributed by atoms with Crippen LogP contribution >= 0.6 is 0 Å². The molecule has 15 heavy (non-hydrogen) atoms. The monoisotopic (exact) mass is 210 g/mol. The molecule has 4 nitrogen and oxygen atoms in total. The quantitative estimate of drug-likeness (QED) is 0.772. The van der Waals surface area contributed by atoms with Crippen LogP contribution in [-0.4, -0.2) is 19.5 Å². The second-order valence-corrected chi connectivity index (χ2v) is 3.55. The lowest BCUT2D eigenvalue weighted by atomic mass is 10.2. The zero-order valence-electron chi connectivity index (χ0n) is 9.46. The summed E-state index contributed by atoms with van der Waals surface area (Å²) in [7, 11) is 1.64. The minimum Gasteiger partial charge on any atom is -0.465 e. The molecule has 84 valence electrons. The van der Waals surface area contributed by atoms with Crippen molar-refractivity contribution in [3.8, 4) is 0 Å². The Hall–Kier alpha value is -1.29. The number of furan rings is 1. The summed E-state index contributed by atoms with van der Waals surface area (Å²) >= 11 is 0. The van der Waals surface area contributed by atoms with E-state index in [2.05, 4.69) is 10.6 Å². The highest BCUT2D eigenvalue weighted by Gasteiger charge is 2.08. The molecule has 0 spiro atoms. The minimum atomic E-state index is 0.0466. The van der Waals surface area contributed by atoms with Crippen LogP contribution in [-0.2, 0) is 4.79 Å². The normalized spacial score (nSPS) is 12.5. The van der Waals surface area contributed by atoms with Crippen molar-refractivity contribution in [2.24, 2.45) is 0 Å². The van der Waals surface area contributed by atoms with Crippen molar-refractivity contribution in [3.63, 3.8) is 0 Å². The smallest absolute Gasteiger partial charge is 0.221 e. The maximum Gasteiger partial charge on any atom is 0.221 e. The van der Waals surface area contributed by atoms with Crippen molar-refractivity contribution in [2.75, 3.05) is 13.6 Å². The molecule has 0 radical (unpaired) electrons. The van der Waals surface area contributed by atoms with Gasteiger partial charge in [0.25, 0.3) is 0 Å². The van der Waals surface area contributed by atoms with Crippen molar-refractivity contribution in [3.05, 3.63) is 23.7 Å². The molecular formula is C11H18N2O2. The highest BCUT2D eigenvalue weighted by Crippen LogP contribution is 2.14. The molecule has 0 aromatic carbocycles. The van der Waals surface area contributed by atoms with E-state index in [1.807, 2.05) is 26.0 Å². The molecule has 0 saturated heterocycles. The molecule has 0 aliphatic carbocycles. The SMILES string of the molecule is CNC(=O)CCNC(C)c1ccc(C)o1. The lowest BCUT2D eigenvalue weighted by Gasteiger charge is -2.10. The third-order valence-corrected chi connectivity index (χ3v) is 2.27. The van der Waals surface area contributed by atoms with Gasteiger partial charge in [0, 0.05) is 20.0 Å². The van der Waals surface area contributed by atoms with E-state index in [1.165, 1.54) is 0 Å². The lowest BCUT2D eigenvalue weighted by Crippen LogP contribution is -2.26. The molecule has 4 heteroatoms. The van der Waals surface area contributed by atoms with E-state index in [4.69, 9.17) is 4.42 Å². The molecule has 1 rings (SSSR count). The van der Waals surface area contributed by atoms with Crippen LogP contribution in [0.1, 0.15) is 30.9 Å². The molecule has 1 aromatic heterocycles. The molecule has 0 saturated carbocycles. The molecule has 2 N–H and O–H groups in total. The summed E-state index contributed by atoms with van der Waals surface area (Å²) in [6.45, 7) is 4.59. The molecule has 0 bridgehead atoms. The molecule has 0 fully saturated rings. The molecule has 1 aromatic rings. The van der Waals surface area contributed by atoms with E-state index in [-0.39, 0.29) is 11.9 Å². The van der Waals surface area contributed by atoms with Crippen LogP contribution in [0, 0.1) is 6.92 Å². The summed E-state index contributed by atoms with van der Waals surface area (Å²) in [6, 6.07) is 4.03. The van der Waals surface area contributed by atoms with Gasteiger partial charge in [0.1, 0.15) is 11.5 Å². The van der Waals surface area contributed by atoms with Gasteiger partial charge in [0.15, 0.2) is 0 Å². The van der Waals surface area contributed by atoms with Gasteiger partial charge in [-0.25, -0.2) is 0 Å². The standard InChI is InChI=1S/C11H18N2O2/c1-8-4-5-10(15-8)9(2)13-7-6-11(14)12-3/h4-5,9,13H,6-7H2,1-3H3,(H,12,14). The number of aryl methyl sites for hydroxylation is 1. The van der Waals surface area contributed by atoms with Gasteiger partial charge in [0.2, 0.25) is 5.91 Å². The molecule has 1 amide bonds. The van der Waals surface area contributed by atoms with Gasteiger partial charge in [0.05, 0.1) is 6.04 Å². The summed E-state index contributed by atoms with van der Waals surface area (Å²) in [5.74, 6) is 1.86. The Balaban J connectivity index is 2.30. The van der Waals surface area contributed by atoms with Crippen LogP contribution < -0.4 is 10.6 Å². The maximum absolute atomic E-state index is 11.0. The number of rotatable bonds is 5. The molecule has 1 unspecified atom stereocenters. The Morgan fingerprint density at radius 2 is 2.27 bits per heavy atom. The molecule has 0 aliphatic rings. The molecule has 0 aliphatic heterocycles. The second kappa shape index (κ2) is 5.56. The number of nitrogens with one attached hydrogen (secondary N) is 2. The first-order valence-electron chi connectivity index (χ1n) is 5.13. The topological polar surface area (TPSA) is 54.3 Å². The van der Waals surface area contributed by atoms with Gasteiger partial charge in [-0.3, -0.25) is 4.79 Å². The van der Waals surface area contributed by atoms with E-state index in [0.29, 0.717) is 13.0 Å². The van der Waals surface area contributed by atoms with Gasteiger partial charge in [-0.05, 0) is 26.0 Å². The maximum atomic E-state index is 11.0. The summed E-state index contributed by atoms with van der Waals surface area (Å²) in [5.41, 5.74) is 0. The van der Waals surface area contributed by atoms with Crippen LogP contribution in [0.15, 0.2) is 16.5 Å². The summed E-state index contributed by atoms with van der Waals surface area (Å²) in [4.78, 5) is 11.0. The highest BCUT2D eigenvalue weighted by molar-refractivity contribution is 5.75.